The van der Waals surface area contributed by atoms with Crippen molar-refractivity contribution in [2.45, 2.75) is 17.8 Å². The molecule has 0 amide bonds. The Labute approximate surface area is 412 Å². The highest BCUT2D eigenvalue weighted by Gasteiger charge is 2.47. The maximum Gasteiger partial charge on any atom is 0.0713 e. The van der Waals surface area contributed by atoms with Crippen LogP contribution in [0.4, 0.5) is 17.1 Å². The van der Waals surface area contributed by atoms with Crippen LogP contribution in [-0.2, 0) is 10.8 Å². The third kappa shape index (κ3) is 6.69. The van der Waals surface area contributed by atoms with E-state index >= 15 is 0 Å². The summed E-state index contributed by atoms with van der Waals surface area (Å²) in [4.78, 5) is 2.41. The molecule has 332 valence electrons. The van der Waals surface area contributed by atoms with Crippen molar-refractivity contribution in [2.75, 3.05) is 4.90 Å². The van der Waals surface area contributed by atoms with Crippen LogP contribution in [0.1, 0.15) is 51.4 Å². The standard InChI is InChI=1S/C69H51N/c1-3-22-60-62-45-39-52(47-67(62)68(64(60)4-2,53-25-12-6-13-26-53)54-27-14-7-15-28-54)51-37-42-58(43-38-51)70(57-40-35-50(36-41-57)49-23-10-5-11-24-49)59-44-46-66-63(48-59)61-33-20-21-34-65(61)69(66,55-29-16-8-17-30-55)56-31-18-9-19-32-56/h3-48H,2H2,1H3/b22-3-. The van der Waals surface area contributed by atoms with E-state index in [0.29, 0.717) is 0 Å². The minimum atomic E-state index is -0.544. The van der Waals surface area contributed by atoms with Crippen LogP contribution >= 0.6 is 0 Å². The molecule has 1 heteroatoms. The average Bonchev–Trinajstić information content (AvgIpc) is 3.90. The van der Waals surface area contributed by atoms with Gasteiger partial charge in [0, 0.05) is 17.1 Å². The van der Waals surface area contributed by atoms with Gasteiger partial charge in [-0.3, -0.25) is 0 Å². The predicted octanol–water partition coefficient (Wildman–Crippen LogP) is 17.7. The highest BCUT2D eigenvalue weighted by Crippen LogP contribution is 2.58. The molecule has 10 aromatic rings. The first-order valence-electron chi connectivity index (χ1n) is 24.3. The van der Waals surface area contributed by atoms with E-state index in [1.54, 1.807) is 0 Å². The first-order valence-corrected chi connectivity index (χ1v) is 24.3. The van der Waals surface area contributed by atoms with Crippen LogP contribution in [-0.4, -0.2) is 0 Å². The number of allylic oxidation sites excluding steroid dienone is 5. The summed E-state index contributed by atoms with van der Waals surface area (Å²) in [6.07, 6.45) is 6.47. The lowest BCUT2D eigenvalue weighted by Gasteiger charge is -2.35. The summed E-state index contributed by atoms with van der Waals surface area (Å²) >= 11 is 0. The summed E-state index contributed by atoms with van der Waals surface area (Å²) in [5.74, 6) is 0. The van der Waals surface area contributed by atoms with E-state index in [1.165, 1.54) is 77.9 Å². The average molecular weight is 894 g/mol. The van der Waals surface area contributed by atoms with Crippen LogP contribution in [0.15, 0.2) is 291 Å². The van der Waals surface area contributed by atoms with Gasteiger partial charge in [-0.2, -0.15) is 0 Å². The Morgan fingerprint density at radius 3 is 1.30 bits per heavy atom. The smallest absolute Gasteiger partial charge is 0.0713 e. The second kappa shape index (κ2) is 17.7. The van der Waals surface area contributed by atoms with Gasteiger partial charge in [0.25, 0.3) is 0 Å². The number of fused-ring (bicyclic) bond motifs is 4. The SMILES string of the molecule is C=CC1=C(/C=C\C)c2ccc(-c3ccc(N(c4ccc(-c5ccccc5)cc4)c4ccc5c(c4)-c4ccccc4C5(c4ccccc4)c4ccccc4)cc3)cc2C1(c1ccccc1)c1ccccc1. The van der Waals surface area contributed by atoms with Gasteiger partial charge in [0.15, 0.2) is 0 Å². The molecule has 0 saturated heterocycles. The summed E-state index contributed by atoms with van der Waals surface area (Å²) in [5, 5.41) is 0. The zero-order chi connectivity index (χ0) is 47.1. The molecule has 0 spiro atoms. The lowest BCUT2D eigenvalue weighted by molar-refractivity contribution is 0.762. The van der Waals surface area contributed by atoms with Crippen molar-refractivity contribution >= 4 is 22.6 Å². The largest absolute Gasteiger partial charge is 0.310 e. The number of benzene rings is 10. The molecule has 0 unspecified atom stereocenters. The van der Waals surface area contributed by atoms with Gasteiger partial charge in [0.05, 0.1) is 10.8 Å². The number of hydrogen-bond acceptors (Lipinski definition) is 1. The van der Waals surface area contributed by atoms with Gasteiger partial charge in [-0.15, -0.1) is 0 Å². The summed E-state index contributed by atoms with van der Waals surface area (Å²) < 4.78 is 0. The second-order valence-electron chi connectivity index (χ2n) is 18.3. The molecule has 1 nitrogen and oxygen atoms in total. The molecule has 0 heterocycles. The minimum absolute atomic E-state index is 0.471. The van der Waals surface area contributed by atoms with Crippen molar-refractivity contribution in [3.63, 3.8) is 0 Å². The fourth-order valence-corrected chi connectivity index (χ4v) is 11.8. The van der Waals surface area contributed by atoms with Crippen LogP contribution < -0.4 is 4.90 Å². The molecule has 2 aliphatic rings. The second-order valence-corrected chi connectivity index (χ2v) is 18.3. The van der Waals surface area contributed by atoms with E-state index in [4.69, 9.17) is 0 Å². The summed E-state index contributed by atoms with van der Waals surface area (Å²) in [5.41, 5.74) is 21.9. The van der Waals surface area contributed by atoms with Gasteiger partial charge < -0.3 is 4.90 Å². The molecule has 70 heavy (non-hydrogen) atoms. The van der Waals surface area contributed by atoms with Crippen molar-refractivity contribution in [1.29, 1.82) is 0 Å². The minimum Gasteiger partial charge on any atom is -0.310 e. The molecule has 0 saturated carbocycles. The van der Waals surface area contributed by atoms with Gasteiger partial charge in [-0.05, 0) is 138 Å². The molecule has 0 N–H and O–H groups in total. The van der Waals surface area contributed by atoms with E-state index in [2.05, 4.69) is 297 Å². The van der Waals surface area contributed by atoms with Crippen LogP contribution in [0, 0.1) is 0 Å². The molecule has 0 aromatic heterocycles. The number of rotatable bonds is 11. The van der Waals surface area contributed by atoms with Crippen molar-refractivity contribution in [3.8, 4) is 33.4 Å². The Hall–Kier alpha value is -8.78. The van der Waals surface area contributed by atoms with Crippen LogP contribution in [0.25, 0.3) is 39.0 Å². The maximum atomic E-state index is 4.45. The lowest BCUT2D eigenvalue weighted by atomic mass is 9.66. The number of anilines is 3. The monoisotopic (exact) mass is 893 g/mol. The Morgan fingerprint density at radius 1 is 0.343 bits per heavy atom. The van der Waals surface area contributed by atoms with Crippen molar-refractivity contribution in [3.05, 3.63) is 336 Å². The number of hydrogen-bond donors (Lipinski definition) is 0. The Morgan fingerprint density at radius 2 is 0.771 bits per heavy atom. The van der Waals surface area contributed by atoms with Crippen LogP contribution in [0.3, 0.4) is 0 Å². The van der Waals surface area contributed by atoms with E-state index in [-0.39, 0.29) is 0 Å². The van der Waals surface area contributed by atoms with Gasteiger partial charge in [-0.1, -0.05) is 243 Å². The van der Waals surface area contributed by atoms with Crippen molar-refractivity contribution in [1.82, 2.24) is 0 Å². The predicted molar refractivity (Wildman–Crippen MR) is 294 cm³/mol. The highest BCUT2D eigenvalue weighted by molar-refractivity contribution is 5.94. The highest BCUT2D eigenvalue weighted by atomic mass is 15.1. The lowest BCUT2D eigenvalue weighted by Crippen LogP contribution is -2.29. The van der Waals surface area contributed by atoms with Crippen LogP contribution in [0.2, 0.25) is 0 Å². The Balaban J connectivity index is 1.01. The topological polar surface area (TPSA) is 3.24 Å². The zero-order valence-corrected chi connectivity index (χ0v) is 39.2. The van der Waals surface area contributed by atoms with Gasteiger partial charge in [0.1, 0.15) is 0 Å². The third-order valence-corrected chi connectivity index (χ3v) is 14.8. The first-order chi connectivity index (χ1) is 34.6. The molecule has 0 bridgehead atoms. The molecule has 2 aliphatic carbocycles. The van der Waals surface area contributed by atoms with E-state index in [1.807, 2.05) is 0 Å². The number of nitrogens with zero attached hydrogens (tertiary/aromatic N) is 1. The Bertz CT molecular complexity index is 3490. The summed E-state index contributed by atoms with van der Waals surface area (Å²) in [6.45, 7) is 6.55. The summed E-state index contributed by atoms with van der Waals surface area (Å²) in [7, 11) is 0. The van der Waals surface area contributed by atoms with Crippen molar-refractivity contribution < 1.29 is 0 Å². The van der Waals surface area contributed by atoms with E-state index in [0.717, 1.165) is 28.2 Å². The molecule has 10 aromatic carbocycles. The molecule has 0 atom stereocenters. The molecular formula is C69H51N. The van der Waals surface area contributed by atoms with Gasteiger partial charge >= 0.3 is 0 Å². The van der Waals surface area contributed by atoms with E-state index < -0.39 is 10.8 Å². The fraction of sp³-hybridized carbons (Fsp3) is 0.0435. The molecule has 0 radical (unpaired) electrons. The molecule has 0 fully saturated rings. The van der Waals surface area contributed by atoms with Crippen molar-refractivity contribution in [2.24, 2.45) is 0 Å². The molecular weight excluding hydrogens is 843 g/mol. The fourth-order valence-electron chi connectivity index (χ4n) is 11.8. The Kier molecular flexibility index (Phi) is 10.8. The molecule has 0 aliphatic heterocycles. The first kappa shape index (κ1) is 42.6. The van der Waals surface area contributed by atoms with Gasteiger partial charge in [0.2, 0.25) is 0 Å². The third-order valence-electron chi connectivity index (χ3n) is 14.8. The van der Waals surface area contributed by atoms with E-state index in [9.17, 15) is 0 Å². The summed E-state index contributed by atoms with van der Waals surface area (Å²) in [6, 6.07) is 95.9. The van der Waals surface area contributed by atoms with Crippen LogP contribution in [0.5, 0.6) is 0 Å². The van der Waals surface area contributed by atoms with Gasteiger partial charge in [-0.25, -0.2) is 0 Å². The molecule has 12 rings (SSSR count). The maximum absolute atomic E-state index is 4.45. The normalized spacial score (nSPS) is 14.0. The quantitative estimate of drug-likeness (QED) is 0.125. The zero-order valence-electron chi connectivity index (χ0n) is 39.2.